The second kappa shape index (κ2) is 2.46. The van der Waals surface area contributed by atoms with E-state index in [0.717, 1.165) is 0 Å². The molecule has 0 aromatic carbocycles. The zero-order valence-corrected chi connectivity index (χ0v) is 5.84. The van der Waals surface area contributed by atoms with Gasteiger partial charge in [-0.1, -0.05) is 13.8 Å². The number of hydrogen-bond donors (Lipinski definition) is 0. The molecule has 0 saturated heterocycles. The summed E-state index contributed by atoms with van der Waals surface area (Å²) in [5.74, 6) is 0.488. The van der Waals surface area contributed by atoms with Crippen molar-refractivity contribution >= 4 is 6.21 Å². The SMILES string of the molecule is CC(C)C1CC(F)C=N1. The first-order valence-corrected chi connectivity index (χ1v) is 3.37. The number of rotatable bonds is 1. The largest absolute Gasteiger partial charge is 0.291 e. The molecular weight excluding hydrogens is 117 g/mol. The predicted octanol–water partition coefficient (Wildman–Crippen LogP) is 1.82. The number of hydrogen-bond acceptors (Lipinski definition) is 1. The smallest absolute Gasteiger partial charge is 0.137 e. The van der Waals surface area contributed by atoms with Gasteiger partial charge in [-0.3, -0.25) is 4.99 Å². The first-order valence-electron chi connectivity index (χ1n) is 3.37. The Morgan fingerprint density at radius 2 is 2.33 bits per heavy atom. The van der Waals surface area contributed by atoms with Crippen LogP contribution in [0.5, 0.6) is 0 Å². The number of nitrogens with zero attached hydrogens (tertiary/aromatic N) is 1. The van der Waals surface area contributed by atoms with E-state index in [9.17, 15) is 4.39 Å². The molecule has 0 aromatic rings. The number of aliphatic imine (C=N–C) groups is 1. The van der Waals surface area contributed by atoms with Crippen LogP contribution in [-0.2, 0) is 0 Å². The van der Waals surface area contributed by atoms with Crippen LogP contribution in [-0.4, -0.2) is 18.4 Å². The first kappa shape index (κ1) is 6.72. The molecule has 9 heavy (non-hydrogen) atoms. The lowest BCUT2D eigenvalue weighted by molar-refractivity contribution is 0.371. The highest BCUT2D eigenvalue weighted by atomic mass is 19.1. The van der Waals surface area contributed by atoms with Crippen molar-refractivity contribution in [1.82, 2.24) is 0 Å². The summed E-state index contributed by atoms with van der Waals surface area (Å²) in [6.07, 6.45) is 1.24. The molecule has 0 saturated carbocycles. The Balaban J connectivity index is 2.41. The molecule has 1 nitrogen and oxygen atoms in total. The van der Waals surface area contributed by atoms with Gasteiger partial charge in [0.2, 0.25) is 0 Å². The van der Waals surface area contributed by atoms with Crippen molar-refractivity contribution < 1.29 is 4.39 Å². The van der Waals surface area contributed by atoms with Gasteiger partial charge in [0.15, 0.2) is 0 Å². The highest BCUT2D eigenvalue weighted by Crippen LogP contribution is 2.18. The van der Waals surface area contributed by atoms with Crippen LogP contribution >= 0.6 is 0 Å². The summed E-state index contributed by atoms with van der Waals surface area (Å²) in [5, 5.41) is 0. The van der Waals surface area contributed by atoms with E-state index in [4.69, 9.17) is 0 Å². The molecule has 0 radical (unpaired) electrons. The highest BCUT2D eigenvalue weighted by Gasteiger charge is 2.21. The summed E-state index contributed by atoms with van der Waals surface area (Å²) in [7, 11) is 0. The van der Waals surface area contributed by atoms with Crippen molar-refractivity contribution in [2.45, 2.75) is 32.5 Å². The second-order valence-corrected chi connectivity index (χ2v) is 2.86. The van der Waals surface area contributed by atoms with Gasteiger partial charge in [-0.25, -0.2) is 4.39 Å². The van der Waals surface area contributed by atoms with Gasteiger partial charge in [-0.2, -0.15) is 0 Å². The van der Waals surface area contributed by atoms with E-state index in [1.165, 1.54) is 6.21 Å². The van der Waals surface area contributed by atoms with Gasteiger partial charge in [0, 0.05) is 12.6 Å². The van der Waals surface area contributed by atoms with Crippen LogP contribution in [0.2, 0.25) is 0 Å². The molecule has 2 atom stereocenters. The van der Waals surface area contributed by atoms with Crippen molar-refractivity contribution in [2.75, 3.05) is 0 Å². The molecule has 2 heteroatoms. The molecule has 1 heterocycles. The minimum absolute atomic E-state index is 0.236. The van der Waals surface area contributed by atoms with E-state index in [2.05, 4.69) is 18.8 Å². The Hall–Kier alpha value is -0.400. The molecule has 52 valence electrons. The standard InChI is InChI=1S/C7H12FN/c1-5(2)7-3-6(8)4-9-7/h4-7H,3H2,1-2H3. The third-order valence-electron chi connectivity index (χ3n) is 1.68. The summed E-state index contributed by atoms with van der Waals surface area (Å²) >= 11 is 0. The third-order valence-corrected chi connectivity index (χ3v) is 1.68. The maximum Gasteiger partial charge on any atom is 0.137 e. The van der Waals surface area contributed by atoms with Crippen LogP contribution < -0.4 is 0 Å². The molecule has 1 aliphatic rings. The summed E-state index contributed by atoms with van der Waals surface area (Å²) in [6.45, 7) is 4.14. The van der Waals surface area contributed by atoms with E-state index in [1.807, 2.05) is 0 Å². The van der Waals surface area contributed by atoms with E-state index >= 15 is 0 Å². The Kier molecular flexibility index (Phi) is 1.84. The lowest BCUT2D eigenvalue weighted by atomic mass is 10.0. The van der Waals surface area contributed by atoms with Gasteiger partial charge in [-0.05, 0) is 5.92 Å². The Bertz CT molecular complexity index is 120. The molecule has 0 aromatic heterocycles. The summed E-state index contributed by atoms with van der Waals surface area (Å²) < 4.78 is 12.4. The third kappa shape index (κ3) is 1.50. The van der Waals surface area contributed by atoms with Gasteiger partial charge in [0.05, 0.1) is 6.04 Å². The molecule has 0 fully saturated rings. The topological polar surface area (TPSA) is 12.4 Å². The van der Waals surface area contributed by atoms with E-state index in [-0.39, 0.29) is 6.04 Å². The van der Waals surface area contributed by atoms with Crippen LogP contribution in [0.25, 0.3) is 0 Å². The average Bonchev–Trinajstić information content (AvgIpc) is 2.14. The van der Waals surface area contributed by atoms with Crippen LogP contribution in [0.4, 0.5) is 4.39 Å². The number of alkyl halides is 1. The van der Waals surface area contributed by atoms with Crippen molar-refractivity contribution in [1.29, 1.82) is 0 Å². The van der Waals surface area contributed by atoms with Crippen molar-refractivity contribution in [3.63, 3.8) is 0 Å². The fraction of sp³-hybridized carbons (Fsp3) is 0.857. The fourth-order valence-electron chi connectivity index (χ4n) is 1.00. The molecule has 0 amide bonds. The Labute approximate surface area is 55.0 Å². The van der Waals surface area contributed by atoms with Crippen LogP contribution in [0.3, 0.4) is 0 Å². The van der Waals surface area contributed by atoms with E-state index in [1.54, 1.807) is 0 Å². The zero-order valence-electron chi connectivity index (χ0n) is 5.84. The fourth-order valence-corrected chi connectivity index (χ4v) is 1.00. The van der Waals surface area contributed by atoms with Crippen LogP contribution in [0.1, 0.15) is 20.3 Å². The molecule has 0 bridgehead atoms. The van der Waals surface area contributed by atoms with Crippen molar-refractivity contribution in [2.24, 2.45) is 10.9 Å². The highest BCUT2D eigenvalue weighted by molar-refractivity contribution is 5.65. The molecule has 1 rings (SSSR count). The second-order valence-electron chi connectivity index (χ2n) is 2.86. The lowest BCUT2D eigenvalue weighted by Gasteiger charge is -2.09. The van der Waals surface area contributed by atoms with E-state index in [0.29, 0.717) is 12.3 Å². The van der Waals surface area contributed by atoms with Gasteiger partial charge < -0.3 is 0 Å². The molecule has 0 aliphatic carbocycles. The molecule has 1 aliphatic heterocycles. The molecule has 0 spiro atoms. The maximum atomic E-state index is 12.4. The Morgan fingerprint density at radius 1 is 1.67 bits per heavy atom. The lowest BCUT2D eigenvalue weighted by Crippen LogP contribution is -2.11. The minimum atomic E-state index is -0.780. The molecular formula is C7H12FN. The van der Waals surface area contributed by atoms with Gasteiger partial charge in [-0.15, -0.1) is 0 Å². The summed E-state index contributed by atoms with van der Waals surface area (Å²) in [4.78, 5) is 4.02. The predicted molar refractivity (Wildman–Crippen MR) is 36.6 cm³/mol. The minimum Gasteiger partial charge on any atom is -0.291 e. The molecule has 2 unspecified atom stereocenters. The normalized spacial score (nSPS) is 34.2. The summed E-state index contributed by atoms with van der Waals surface area (Å²) in [5.41, 5.74) is 0. The van der Waals surface area contributed by atoms with Crippen LogP contribution in [0.15, 0.2) is 4.99 Å². The van der Waals surface area contributed by atoms with Gasteiger partial charge in [0.25, 0.3) is 0 Å². The van der Waals surface area contributed by atoms with Crippen LogP contribution in [0, 0.1) is 5.92 Å². The van der Waals surface area contributed by atoms with Gasteiger partial charge in [0.1, 0.15) is 6.17 Å². The average molecular weight is 129 g/mol. The van der Waals surface area contributed by atoms with Crippen molar-refractivity contribution in [3.8, 4) is 0 Å². The maximum absolute atomic E-state index is 12.4. The number of halogens is 1. The Morgan fingerprint density at radius 3 is 2.56 bits per heavy atom. The van der Waals surface area contributed by atoms with Gasteiger partial charge >= 0.3 is 0 Å². The molecule has 0 N–H and O–H groups in total. The zero-order chi connectivity index (χ0) is 6.85. The van der Waals surface area contributed by atoms with E-state index < -0.39 is 6.17 Å². The summed E-state index contributed by atoms with van der Waals surface area (Å²) in [6, 6.07) is 0.236. The van der Waals surface area contributed by atoms with Crippen molar-refractivity contribution in [3.05, 3.63) is 0 Å². The first-order chi connectivity index (χ1) is 4.20. The quantitative estimate of drug-likeness (QED) is 0.512. The monoisotopic (exact) mass is 129 g/mol.